The molecule has 0 aromatic heterocycles. The van der Waals surface area contributed by atoms with Crippen molar-refractivity contribution in [1.29, 1.82) is 0 Å². The van der Waals surface area contributed by atoms with Crippen molar-refractivity contribution in [3.8, 4) is 5.75 Å². The minimum atomic E-state index is -3.99. The molecule has 33 heavy (non-hydrogen) atoms. The quantitative estimate of drug-likeness (QED) is 0.586. The fourth-order valence-electron chi connectivity index (χ4n) is 3.87. The van der Waals surface area contributed by atoms with Gasteiger partial charge in [-0.05, 0) is 43.2 Å². The predicted octanol–water partition coefficient (Wildman–Crippen LogP) is 2.57. The number of thioether (sulfide) groups is 1. The van der Waals surface area contributed by atoms with Crippen LogP contribution in [0.5, 0.6) is 5.75 Å². The molecule has 0 radical (unpaired) electrons. The van der Waals surface area contributed by atoms with E-state index in [9.17, 15) is 18.0 Å². The van der Waals surface area contributed by atoms with Crippen LogP contribution in [-0.2, 0) is 19.6 Å². The van der Waals surface area contributed by atoms with E-state index in [2.05, 4.69) is 10.0 Å². The third-order valence-electron chi connectivity index (χ3n) is 5.49. The Hall–Kier alpha value is -2.92. The second-order valence-electron chi connectivity index (χ2n) is 7.80. The number of anilines is 3. The third-order valence-corrected chi connectivity index (χ3v) is 7.83. The van der Waals surface area contributed by atoms with Gasteiger partial charge in [0.05, 0.1) is 30.1 Å². The number of rotatable bonds is 8. The second-order valence-corrected chi connectivity index (χ2v) is 10.4. The summed E-state index contributed by atoms with van der Waals surface area (Å²) in [5, 5.41) is 2.73. The maximum absolute atomic E-state index is 13.4. The third kappa shape index (κ3) is 5.36. The topological polar surface area (TPSA) is 108 Å². The summed E-state index contributed by atoms with van der Waals surface area (Å²) in [6.07, 6.45) is 1.97. The molecule has 2 saturated heterocycles. The van der Waals surface area contributed by atoms with E-state index in [1.165, 1.54) is 29.8 Å². The summed E-state index contributed by atoms with van der Waals surface area (Å²) in [4.78, 5) is 27.8. The Morgan fingerprint density at radius 2 is 1.91 bits per heavy atom. The lowest BCUT2D eigenvalue weighted by Crippen LogP contribution is -2.34. The van der Waals surface area contributed by atoms with Gasteiger partial charge in [0, 0.05) is 18.8 Å². The molecule has 2 N–H and O–H groups in total. The van der Waals surface area contributed by atoms with Crippen LogP contribution in [0.1, 0.15) is 12.8 Å². The Morgan fingerprint density at radius 1 is 1.15 bits per heavy atom. The standard InChI is InChI=1S/C22H26N4O5S2/c1-31-19-7-3-2-6-17(19)24-33(29,30)20-12-16(8-9-18(20)25-10-4-5-11-25)23-21(27)13-26-15-32-14-22(26)28/h2-3,6-9,12,24H,4-5,10-11,13-15H2,1H3,(H,23,27). The Labute approximate surface area is 197 Å². The van der Waals surface area contributed by atoms with Crippen LogP contribution in [0, 0.1) is 0 Å². The molecule has 2 aromatic rings. The number of nitrogens with one attached hydrogen (secondary N) is 2. The number of para-hydroxylation sites is 2. The summed E-state index contributed by atoms with van der Waals surface area (Å²) in [6.45, 7) is 1.45. The van der Waals surface area contributed by atoms with Gasteiger partial charge in [-0.3, -0.25) is 14.3 Å². The first-order valence-corrected chi connectivity index (χ1v) is 13.2. The average Bonchev–Trinajstić information content (AvgIpc) is 3.46. The molecule has 0 bridgehead atoms. The van der Waals surface area contributed by atoms with Crippen LogP contribution in [0.4, 0.5) is 17.1 Å². The molecule has 0 aliphatic carbocycles. The largest absolute Gasteiger partial charge is 0.495 e. The molecule has 0 atom stereocenters. The van der Waals surface area contributed by atoms with E-state index < -0.39 is 10.0 Å². The first kappa shape index (κ1) is 23.2. The number of carbonyl (C=O) groups excluding carboxylic acids is 2. The van der Waals surface area contributed by atoms with Gasteiger partial charge in [0.2, 0.25) is 11.8 Å². The fraction of sp³-hybridized carbons (Fsp3) is 0.364. The molecule has 9 nitrogen and oxygen atoms in total. The number of hydrogen-bond acceptors (Lipinski definition) is 7. The van der Waals surface area contributed by atoms with Crippen LogP contribution in [0.3, 0.4) is 0 Å². The Kier molecular flexibility index (Phi) is 6.99. The van der Waals surface area contributed by atoms with Gasteiger partial charge in [0.1, 0.15) is 17.2 Å². The molecule has 4 rings (SSSR count). The molecule has 2 aliphatic rings. The second kappa shape index (κ2) is 9.92. The number of carbonyl (C=O) groups is 2. The van der Waals surface area contributed by atoms with E-state index >= 15 is 0 Å². The van der Waals surface area contributed by atoms with Crippen LogP contribution in [0.15, 0.2) is 47.4 Å². The average molecular weight is 491 g/mol. The minimum Gasteiger partial charge on any atom is -0.495 e. The van der Waals surface area contributed by atoms with Crippen LogP contribution in [0.25, 0.3) is 0 Å². The van der Waals surface area contributed by atoms with Crippen molar-refractivity contribution in [2.45, 2.75) is 17.7 Å². The van der Waals surface area contributed by atoms with Crippen molar-refractivity contribution in [1.82, 2.24) is 4.90 Å². The molecule has 0 spiro atoms. The highest BCUT2D eigenvalue weighted by molar-refractivity contribution is 8.00. The molecule has 2 aromatic carbocycles. The van der Waals surface area contributed by atoms with E-state index in [0.29, 0.717) is 34.4 Å². The lowest BCUT2D eigenvalue weighted by atomic mass is 10.2. The monoisotopic (exact) mass is 490 g/mol. The Bertz CT molecular complexity index is 1150. The molecule has 0 saturated carbocycles. The summed E-state index contributed by atoms with van der Waals surface area (Å²) in [7, 11) is -2.52. The molecule has 2 aliphatic heterocycles. The maximum Gasteiger partial charge on any atom is 0.264 e. The Morgan fingerprint density at radius 3 is 2.61 bits per heavy atom. The van der Waals surface area contributed by atoms with E-state index in [0.717, 1.165) is 25.9 Å². The number of sulfonamides is 1. The normalized spacial score (nSPS) is 16.2. The predicted molar refractivity (Wildman–Crippen MR) is 129 cm³/mol. The van der Waals surface area contributed by atoms with Crippen LogP contribution >= 0.6 is 11.8 Å². The highest BCUT2D eigenvalue weighted by Crippen LogP contribution is 2.34. The first-order chi connectivity index (χ1) is 15.9. The van der Waals surface area contributed by atoms with Crippen LogP contribution in [0.2, 0.25) is 0 Å². The van der Waals surface area contributed by atoms with Crippen molar-refractivity contribution in [2.24, 2.45) is 0 Å². The number of nitrogens with zero attached hydrogens (tertiary/aromatic N) is 2. The maximum atomic E-state index is 13.4. The molecule has 176 valence electrons. The van der Waals surface area contributed by atoms with Gasteiger partial charge < -0.3 is 19.9 Å². The fourth-order valence-corrected chi connectivity index (χ4v) is 6.10. The number of amides is 2. The molecule has 2 heterocycles. The highest BCUT2D eigenvalue weighted by atomic mass is 32.2. The van der Waals surface area contributed by atoms with Crippen molar-refractivity contribution in [3.05, 3.63) is 42.5 Å². The summed E-state index contributed by atoms with van der Waals surface area (Å²) in [5.41, 5.74) is 1.26. The number of ether oxygens (including phenoxy) is 1. The van der Waals surface area contributed by atoms with Crippen molar-refractivity contribution in [3.63, 3.8) is 0 Å². The first-order valence-electron chi connectivity index (χ1n) is 10.6. The van der Waals surface area contributed by atoms with E-state index in [4.69, 9.17) is 4.74 Å². The number of benzene rings is 2. The van der Waals surface area contributed by atoms with Gasteiger partial charge in [-0.25, -0.2) is 8.42 Å². The van der Waals surface area contributed by atoms with Crippen molar-refractivity contribution >= 4 is 50.7 Å². The summed E-state index contributed by atoms with van der Waals surface area (Å²) < 4.78 is 34.8. The molecule has 2 amide bonds. The van der Waals surface area contributed by atoms with Crippen molar-refractivity contribution in [2.75, 3.05) is 53.3 Å². The summed E-state index contributed by atoms with van der Waals surface area (Å²) in [6, 6.07) is 11.6. The summed E-state index contributed by atoms with van der Waals surface area (Å²) in [5.74, 6) is 0.795. The number of hydrogen-bond donors (Lipinski definition) is 2. The molecular formula is C22H26N4O5S2. The summed E-state index contributed by atoms with van der Waals surface area (Å²) >= 11 is 1.46. The van der Waals surface area contributed by atoms with E-state index in [-0.39, 0.29) is 23.3 Å². The van der Waals surface area contributed by atoms with Gasteiger partial charge in [-0.2, -0.15) is 0 Å². The molecule has 2 fully saturated rings. The Balaban J connectivity index is 1.62. The zero-order chi connectivity index (χ0) is 23.4. The molecular weight excluding hydrogens is 464 g/mol. The van der Waals surface area contributed by atoms with Gasteiger partial charge in [0.15, 0.2) is 0 Å². The number of methoxy groups -OCH3 is 1. The van der Waals surface area contributed by atoms with Gasteiger partial charge in [-0.1, -0.05) is 12.1 Å². The van der Waals surface area contributed by atoms with E-state index in [1.54, 1.807) is 36.4 Å². The van der Waals surface area contributed by atoms with E-state index in [1.807, 2.05) is 4.90 Å². The van der Waals surface area contributed by atoms with Crippen molar-refractivity contribution < 1.29 is 22.7 Å². The van der Waals surface area contributed by atoms with Gasteiger partial charge in [0.25, 0.3) is 10.0 Å². The lowest BCUT2D eigenvalue weighted by molar-refractivity contribution is -0.130. The SMILES string of the molecule is COc1ccccc1NS(=O)(=O)c1cc(NC(=O)CN2CSCC2=O)ccc1N1CCCC1. The molecule has 11 heteroatoms. The zero-order valence-electron chi connectivity index (χ0n) is 18.2. The van der Waals surface area contributed by atoms with Crippen LogP contribution < -0.4 is 19.7 Å². The van der Waals surface area contributed by atoms with Crippen LogP contribution in [-0.4, -0.2) is 63.5 Å². The lowest BCUT2D eigenvalue weighted by Gasteiger charge is -2.23. The van der Waals surface area contributed by atoms with Gasteiger partial charge >= 0.3 is 0 Å². The smallest absolute Gasteiger partial charge is 0.264 e. The highest BCUT2D eigenvalue weighted by Gasteiger charge is 2.27. The zero-order valence-corrected chi connectivity index (χ0v) is 19.9. The van der Waals surface area contributed by atoms with Gasteiger partial charge in [-0.15, -0.1) is 11.8 Å². The minimum absolute atomic E-state index is 0.0682. The molecule has 0 unspecified atom stereocenters.